The molecule has 0 radical (unpaired) electrons. The highest BCUT2D eigenvalue weighted by molar-refractivity contribution is 5.80. The Morgan fingerprint density at radius 3 is 2.54 bits per heavy atom. The molecule has 1 saturated heterocycles. The number of aliphatic imine (C=N–C) groups is 1. The van der Waals surface area contributed by atoms with Crippen molar-refractivity contribution < 1.29 is 17.9 Å². The van der Waals surface area contributed by atoms with Crippen molar-refractivity contribution in [2.45, 2.75) is 58.7 Å². The standard InChI is InChI=1S/C20H31F3N4O/c1-4-24-19(26-18-9-10-27(12-18)14-20(21,22)23)25-11-16-5-7-17(8-6-16)13-28-15(2)3/h5-8,15,18H,4,9-14H2,1-3H3,(H2,24,25,26). The smallest absolute Gasteiger partial charge is 0.374 e. The number of ether oxygens (including phenoxy) is 1. The van der Waals surface area contributed by atoms with Crippen LogP contribution in [-0.2, 0) is 17.9 Å². The molecule has 0 spiro atoms. The van der Waals surface area contributed by atoms with E-state index in [1.54, 1.807) is 0 Å². The van der Waals surface area contributed by atoms with Gasteiger partial charge in [-0.1, -0.05) is 24.3 Å². The second-order valence-corrected chi connectivity index (χ2v) is 7.35. The lowest BCUT2D eigenvalue weighted by molar-refractivity contribution is -0.143. The van der Waals surface area contributed by atoms with Gasteiger partial charge in [0.2, 0.25) is 0 Å². The van der Waals surface area contributed by atoms with Gasteiger partial charge in [-0.2, -0.15) is 13.2 Å². The monoisotopic (exact) mass is 400 g/mol. The van der Waals surface area contributed by atoms with Gasteiger partial charge in [-0.05, 0) is 38.3 Å². The summed E-state index contributed by atoms with van der Waals surface area (Å²) in [6.07, 6.45) is -3.29. The number of likely N-dealkylation sites (tertiary alicyclic amines) is 1. The van der Waals surface area contributed by atoms with Crippen LogP contribution in [0.25, 0.3) is 0 Å². The number of benzene rings is 1. The molecule has 0 bridgehead atoms. The lowest BCUT2D eigenvalue weighted by Gasteiger charge is -2.19. The molecule has 2 rings (SSSR count). The summed E-state index contributed by atoms with van der Waals surface area (Å²) in [6.45, 7) is 7.70. The lowest BCUT2D eigenvalue weighted by atomic mass is 10.1. The number of nitrogens with one attached hydrogen (secondary N) is 2. The van der Waals surface area contributed by atoms with Crippen molar-refractivity contribution in [2.75, 3.05) is 26.2 Å². The molecule has 5 nitrogen and oxygen atoms in total. The summed E-state index contributed by atoms with van der Waals surface area (Å²) in [5.74, 6) is 0.633. The second-order valence-electron chi connectivity index (χ2n) is 7.35. The quantitative estimate of drug-likeness (QED) is 0.519. The van der Waals surface area contributed by atoms with Gasteiger partial charge >= 0.3 is 6.18 Å². The maximum atomic E-state index is 12.5. The number of nitrogens with zero attached hydrogens (tertiary/aromatic N) is 2. The second kappa shape index (κ2) is 10.7. The summed E-state index contributed by atoms with van der Waals surface area (Å²) in [5.41, 5.74) is 2.18. The SMILES string of the molecule is CCNC(=NCc1ccc(COC(C)C)cc1)NC1CCN(CC(F)(F)F)C1. The van der Waals surface area contributed by atoms with Gasteiger partial charge < -0.3 is 15.4 Å². The number of hydrogen-bond donors (Lipinski definition) is 2. The van der Waals surface area contributed by atoms with E-state index in [9.17, 15) is 13.2 Å². The van der Waals surface area contributed by atoms with Gasteiger partial charge in [0, 0.05) is 25.7 Å². The van der Waals surface area contributed by atoms with E-state index in [0.29, 0.717) is 45.2 Å². The van der Waals surface area contributed by atoms with E-state index in [2.05, 4.69) is 15.6 Å². The highest BCUT2D eigenvalue weighted by atomic mass is 19.4. The molecule has 2 N–H and O–H groups in total. The van der Waals surface area contributed by atoms with Crippen LogP contribution >= 0.6 is 0 Å². The molecule has 1 aliphatic heterocycles. The maximum absolute atomic E-state index is 12.5. The predicted octanol–water partition coefficient (Wildman–Crippen LogP) is 3.30. The molecular formula is C20H31F3N4O. The minimum atomic E-state index is -4.15. The molecule has 1 atom stereocenters. The fourth-order valence-electron chi connectivity index (χ4n) is 3.04. The van der Waals surface area contributed by atoms with Gasteiger partial charge in [0.1, 0.15) is 0 Å². The molecule has 0 amide bonds. The zero-order chi connectivity index (χ0) is 20.6. The minimum absolute atomic E-state index is 0.0318. The number of halogens is 3. The zero-order valence-corrected chi connectivity index (χ0v) is 16.9. The van der Waals surface area contributed by atoms with Crippen LogP contribution in [0.4, 0.5) is 13.2 Å². The molecule has 1 heterocycles. The predicted molar refractivity (Wildman–Crippen MR) is 105 cm³/mol. The Morgan fingerprint density at radius 1 is 1.25 bits per heavy atom. The number of rotatable bonds is 8. The molecule has 1 aromatic carbocycles. The third kappa shape index (κ3) is 8.48. The summed E-state index contributed by atoms with van der Waals surface area (Å²) in [6, 6.07) is 8.06. The summed E-state index contributed by atoms with van der Waals surface area (Å²) >= 11 is 0. The Hall–Kier alpha value is -1.80. The normalized spacial score (nSPS) is 18.7. The first kappa shape index (κ1) is 22.5. The summed E-state index contributed by atoms with van der Waals surface area (Å²) in [5, 5.41) is 6.42. The Kier molecular flexibility index (Phi) is 8.57. The molecule has 8 heteroatoms. The number of guanidine groups is 1. The lowest BCUT2D eigenvalue weighted by Crippen LogP contribution is -2.45. The van der Waals surface area contributed by atoms with E-state index in [0.717, 1.165) is 11.1 Å². The maximum Gasteiger partial charge on any atom is 0.401 e. The molecule has 1 unspecified atom stereocenters. The molecule has 1 fully saturated rings. The van der Waals surface area contributed by atoms with Crippen LogP contribution in [0.15, 0.2) is 29.3 Å². The molecule has 1 aromatic rings. The zero-order valence-electron chi connectivity index (χ0n) is 16.9. The molecule has 0 aromatic heterocycles. The van der Waals surface area contributed by atoms with E-state index in [-0.39, 0.29) is 12.1 Å². The van der Waals surface area contributed by atoms with Gasteiger partial charge in [-0.3, -0.25) is 4.90 Å². The van der Waals surface area contributed by atoms with Crippen molar-refractivity contribution in [3.8, 4) is 0 Å². The van der Waals surface area contributed by atoms with E-state index in [1.165, 1.54) is 4.90 Å². The fourth-order valence-corrected chi connectivity index (χ4v) is 3.04. The molecule has 1 aliphatic rings. The van der Waals surface area contributed by atoms with E-state index in [1.807, 2.05) is 45.0 Å². The van der Waals surface area contributed by atoms with Gasteiger partial charge in [0.25, 0.3) is 0 Å². The minimum Gasteiger partial charge on any atom is -0.374 e. The van der Waals surface area contributed by atoms with E-state index in [4.69, 9.17) is 4.74 Å². The van der Waals surface area contributed by atoms with Crippen molar-refractivity contribution in [1.29, 1.82) is 0 Å². The third-order valence-electron chi connectivity index (χ3n) is 4.39. The van der Waals surface area contributed by atoms with Crippen LogP contribution in [0.5, 0.6) is 0 Å². The van der Waals surface area contributed by atoms with Crippen molar-refractivity contribution in [3.63, 3.8) is 0 Å². The topological polar surface area (TPSA) is 48.9 Å². The highest BCUT2D eigenvalue weighted by Crippen LogP contribution is 2.20. The summed E-state index contributed by atoms with van der Waals surface area (Å²) in [4.78, 5) is 6.00. The van der Waals surface area contributed by atoms with Gasteiger partial charge in [0.05, 0.1) is 25.8 Å². The first-order valence-electron chi connectivity index (χ1n) is 9.78. The van der Waals surface area contributed by atoms with Crippen molar-refractivity contribution in [3.05, 3.63) is 35.4 Å². The van der Waals surface area contributed by atoms with Crippen LogP contribution in [0.1, 0.15) is 38.3 Å². The van der Waals surface area contributed by atoms with Crippen molar-refractivity contribution in [1.82, 2.24) is 15.5 Å². The Bertz CT molecular complexity index is 617. The van der Waals surface area contributed by atoms with E-state index >= 15 is 0 Å². The average molecular weight is 400 g/mol. The van der Waals surface area contributed by atoms with Crippen LogP contribution in [0.2, 0.25) is 0 Å². The molecule has 158 valence electrons. The van der Waals surface area contributed by atoms with Crippen LogP contribution in [0, 0.1) is 0 Å². The summed E-state index contributed by atoms with van der Waals surface area (Å²) in [7, 11) is 0. The van der Waals surface area contributed by atoms with Gasteiger partial charge in [-0.15, -0.1) is 0 Å². The molecule has 0 saturated carbocycles. The molecular weight excluding hydrogens is 369 g/mol. The number of hydrogen-bond acceptors (Lipinski definition) is 3. The van der Waals surface area contributed by atoms with Gasteiger partial charge in [-0.25, -0.2) is 4.99 Å². The van der Waals surface area contributed by atoms with Gasteiger partial charge in [0.15, 0.2) is 5.96 Å². The van der Waals surface area contributed by atoms with Crippen LogP contribution in [0.3, 0.4) is 0 Å². The Balaban J connectivity index is 1.86. The molecule has 28 heavy (non-hydrogen) atoms. The summed E-state index contributed by atoms with van der Waals surface area (Å²) < 4.78 is 43.2. The van der Waals surface area contributed by atoms with Crippen LogP contribution < -0.4 is 10.6 Å². The molecule has 0 aliphatic carbocycles. The number of alkyl halides is 3. The van der Waals surface area contributed by atoms with Crippen molar-refractivity contribution >= 4 is 5.96 Å². The highest BCUT2D eigenvalue weighted by Gasteiger charge is 2.34. The van der Waals surface area contributed by atoms with E-state index < -0.39 is 12.7 Å². The third-order valence-corrected chi connectivity index (χ3v) is 4.39. The Labute approximate surface area is 165 Å². The first-order valence-corrected chi connectivity index (χ1v) is 9.78. The Morgan fingerprint density at radius 2 is 1.93 bits per heavy atom. The fraction of sp³-hybridized carbons (Fsp3) is 0.650. The average Bonchev–Trinajstić information content (AvgIpc) is 3.04. The van der Waals surface area contributed by atoms with Crippen molar-refractivity contribution in [2.24, 2.45) is 4.99 Å². The first-order chi connectivity index (χ1) is 13.2. The van der Waals surface area contributed by atoms with Crippen LogP contribution in [-0.4, -0.2) is 55.4 Å². The largest absolute Gasteiger partial charge is 0.401 e.